The SMILES string of the molecule is [2H][C@H]1C[C@@H](n2cnc3c(=O)n(C)cnc32)[C@H](O)[C@@H]1O. The van der Waals surface area contributed by atoms with Gasteiger partial charge in [-0.15, -0.1) is 0 Å². The van der Waals surface area contributed by atoms with E-state index in [1.807, 2.05) is 0 Å². The Labute approximate surface area is 104 Å². The summed E-state index contributed by atoms with van der Waals surface area (Å²) >= 11 is 0. The number of aryl methyl sites for hydroxylation is 1. The van der Waals surface area contributed by atoms with E-state index in [4.69, 9.17) is 1.37 Å². The minimum atomic E-state index is -1.09. The first kappa shape index (κ1) is 10.2. The molecule has 18 heavy (non-hydrogen) atoms. The number of fused-ring (bicyclic) bond motifs is 1. The molecular weight excluding hydrogens is 236 g/mol. The number of imidazole rings is 1. The fourth-order valence-electron chi connectivity index (χ4n) is 2.30. The number of hydrogen-bond acceptors (Lipinski definition) is 5. The van der Waals surface area contributed by atoms with Gasteiger partial charge in [0.15, 0.2) is 11.2 Å². The zero-order chi connectivity index (χ0) is 13.7. The molecule has 0 aliphatic heterocycles. The van der Waals surface area contributed by atoms with Crippen LogP contribution in [0.2, 0.25) is 0 Å². The highest BCUT2D eigenvalue weighted by Crippen LogP contribution is 2.31. The highest BCUT2D eigenvalue weighted by Gasteiger charge is 2.35. The second-order valence-corrected chi connectivity index (χ2v) is 4.50. The maximum Gasteiger partial charge on any atom is 0.281 e. The quantitative estimate of drug-likeness (QED) is 0.691. The Morgan fingerprint density at radius 2 is 2.22 bits per heavy atom. The summed E-state index contributed by atoms with van der Waals surface area (Å²) in [5.41, 5.74) is 0.327. The third kappa shape index (κ3) is 1.48. The van der Waals surface area contributed by atoms with E-state index in [0.29, 0.717) is 12.1 Å². The lowest BCUT2D eigenvalue weighted by atomic mass is 10.2. The first-order valence-corrected chi connectivity index (χ1v) is 5.67. The molecule has 0 bridgehead atoms. The molecule has 1 fully saturated rings. The summed E-state index contributed by atoms with van der Waals surface area (Å²) in [6.07, 6.45) is 0.227. The standard InChI is InChI=1S/C11H14N4O3/c1-14-4-13-10-8(11(14)18)12-5-15(10)6-2-3-7(16)9(6)17/h4-7,9,16-17H,2-3H2,1H3/t6-,7-,9+/m1/s1/i3D/t3-,6+,7+,9-/m0. The third-order valence-corrected chi connectivity index (χ3v) is 3.36. The van der Waals surface area contributed by atoms with Crippen molar-refractivity contribution < 1.29 is 11.6 Å². The summed E-state index contributed by atoms with van der Waals surface area (Å²) in [6, 6.07) is -0.484. The molecule has 0 spiro atoms. The van der Waals surface area contributed by atoms with E-state index < -0.39 is 24.6 Å². The molecule has 0 saturated heterocycles. The molecular formula is C11H14N4O3. The predicted molar refractivity (Wildman–Crippen MR) is 63.1 cm³/mol. The molecule has 1 saturated carbocycles. The Hall–Kier alpha value is -1.73. The van der Waals surface area contributed by atoms with Crippen molar-refractivity contribution in [1.82, 2.24) is 19.1 Å². The average Bonchev–Trinajstić information content (AvgIpc) is 2.91. The van der Waals surface area contributed by atoms with E-state index >= 15 is 0 Å². The van der Waals surface area contributed by atoms with Gasteiger partial charge >= 0.3 is 0 Å². The summed E-state index contributed by atoms with van der Waals surface area (Å²) < 4.78 is 10.6. The highest BCUT2D eigenvalue weighted by atomic mass is 16.3. The molecule has 0 unspecified atom stereocenters. The molecule has 0 aromatic carbocycles. The second kappa shape index (κ2) is 3.89. The Kier molecular flexibility index (Phi) is 2.21. The topological polar surface area (TPSA) is 93.2 Å². The predicted octanol–water partition coefficient (Wildman–Crippen LogP) is -0.813. The van der Waals surface area contributed by atoms with Gasteiger partial charge < -0.3 is 19.3 Å². The van der Waals surface area contributed by atoms with Crippen LogP contribution < -0.4 is 5.56 Å². The fourth-order valence-corrected chi connectivity index (χ4v) is 2.30. The number of nitrogens with zero attached hydrogens (tertiary/aromatic N) is 4. The molecule has 0 radical (unpaired) electrons. The van der Waals surface area contributed by atoms with E-state index in [1.165, 1.54) is 17.2 Å². The van der Waals surface area contributed by atoms with Crippen LogP contribution in [0.25, 0.3) is 11.2 Å². The van der Waals surface area contributed by atoms with Crippen LogP contribution in [0.1, 0.15) is 20.2 Å². The van der Waals surface area contributed by atoms with Gasteiger partial charge in [0, 0.05) is 8.42 Å². The van der Waals surface area contributed by atoms with Gasteiger partial charge in [0.2, 0.25) is 0 Å². The molecule has 1 aliphatic carbocycles. The normalized spacial score (nSPS) is 32.9. The summed E-state index contributed by atoms with van der Waals surface area (Å²) in [5, 5.41) is 19.6. The zero-order valence-corrected chi connectivity index (χ0v) is 9.76. The number of aromatic nitrogens is 4. The monoisotopic (exact) mass is 251 g/mol. The van der Waals surface area contributed by atoms with Gasteiger partial charge in [-0.25, -0.2) is 9.97 Å². The maximum absolute atomic E-state index is 11.9. The van der Waals surface area contributed by atoms with Crippen molar-refractivity contribution in [3.05, 3.63) is 23.0 Å². The van der Waals surface area contributed by atoms with Crippen LogP contribution in [0.5, 0.6) is 0 Å². The Morgan fingerprint density at radius 1 is 1.44 bits per heavy atom. The molecule has 2 N–H and O–H groups in total. The van der Waals surface area contributed by atoms with Crippen LogP contribution in [0.3, 0.4) is 0 Å². The van der Waals surface area contributed by atoms with E-state index in [0.717, 1.165) is 0 Å². The lowest BCUT2D eigenvalue weighted by molar-refractivity contribution is 0.0241. The first-order chi connectivity index (χ1) is 9.00. The van der Waals surface area contributed by atoms with E-state index in [9.17, 15) is 15.0 Å². The fraction of sp³-hybridized carbons (Fsp3) is 0.545. The van der Waals surface area contributed by atoms with Crippen LogP contribution >= 0.6 is 0 Å². The Balaban J connectivity index is 2.12. The minimum Gasteiger partial charge on any atom is -0.390 e. The van der Waals surface area contributed by atoms with Gasteiger partial charge in [-0.2, -0.15) is 0 Å². The van der Waals surface area contributed by atoms with Crippen LogP contribution in [0, 0.1) is 0 Å². The number of aliphatic hydroxyl groups excluding tert-OH is 2. The van der Waals surface area contributed by atoms with Crippen LogP contribution in [0.4, 0.5) is 0 Å². The van der Waals surface area contributed by atoms with E-state index in [-0.39, 0.29) is 11.1 Å². The number of aliphatic hydroxyl groups is 2. The molecule has 2 heterocycles. The molecule has 1 aliphatic rings. The largest absolute Gasteiger partial charge is 0.390 e. The molecule has 7 nitrogen and oxygen atoms in total. The van der Waals surface area contributed by atoms with Crippen molar-refractivity contribution in [2.24, 2.45) is 7.05 Å². The molecule has 4 atom stereocenters. The van der Waals surface area contributed by atoms with Crippen molar-refractivity contribution in [2.45, 2.75) is 31.1 Å². The molecule has 0 amide bonds. The molecule has 3 rings (SSSR count). The average molecular weight is 251 g/mol. The van der Waals surface area contributed by atoms with Gasteiger partial charge in [0.1, 0.15) is 6.10 Å². The zero-order valence-electron chi connectivity index (χ0n) is 10.8. The summed E-state index contributed by atoms with van der Waals surface area (Å²) in [6.45, 7) is 0. The number of rotatable bonds is 1. The maximum atomic E-state index is 11.9. The van der Waals surface area contributed by atoms with Crippen molar-refractivity contribution in [1.29, 1.82) is 0 Å². The summed E-state index contributed by atoms with van der Waals surface area (Å²) in [5.74, 6) is 0. The van der Waals surface area contributed by atoms with E-state index in [1.54, 1.807) is 11.6 Å². The first-order valence-electron chi connectivity index (χ1n) is 6.25. The lowest BCUT2D eigenvalue weighted by Crippen LogP contribution is -2.27. The molecule has 96 valence electrons. The van der Waals surface area contributed by atoms with Crippen LogP contribution in [-0.2, 0) is 7.05 Å². The number of hydrogen-bond donors (Lipinski definition) is 2. The second-order valence-electron chi connectivity index (χ2n) is 4.50. The Bertz CT molecular complexity index is 682. The van der Waals surface area contributed by atoms with Crippen LogP contribution in [-0.4, -0.2) is 41.5 Å². The van der Waals surface area contributed by atoms with Crippen molar-refractivity contribution >= 4 is 11.2 Å². The Morgan fingerprint density at radius 3 is 2.89 bits per heavy atom. The molecule has 2 aromatic heterocycles. The van der Waals surface area contributed by atoms with E-state index in [2.05, 4.69) is 9.97 Å². The smallest absolute Gasteiger partial charge is 0.281 e. The van der Waals surface area contributed by atoms with Crippen molar-refractivity contribution in [2.75, 3.05) is 0 Å². The summed E-state index contributed by atoms with van der Waals surface area (Å²) in [4.78, 5) is 20.0. The highest BCUT2D eigenvalue weighted by molar-refractivity contribution is 5.69. The molecule has 2 aromatic rings. The van der Waals surface area contributed by atoms with Gasteiger partial charge in [-0.05, 0) is 12.8 Å². The van der Waals surface area contributed by atoms with Gasteiger partial charge in [0.25, 0.3) is 5.56 Å². The van der Waals surface area contributed by atoms with Crippen molar-refractivity contribution in [3.63, 3.8) is 0 Å². The third-order valence-electron chi connectivity index (χ3n) is 3.36. The molecule has 7 heteroatoms. The van der Waals surface area contributed by atoms with Gasteiger partial charge in [-0.1, -0.05) is 0 Å². The van der Waals surface area contributed by atoms with Gasteiger partial charge in [0.05, 0.1) is 24.8 Å². The minimum absolute atomic E-state index is 0.222. The van der Waals surface area contributed by atoms with Gasteiger partial charge in [-0.3, -0.25) is 4.79 Å². The van der Waals surface area contributed by atoms with Crippen molar-refractivity contribution in [3.8, 4) is 0 Å². The lowest BCUT2D eigenvalue weighted by Gasteiger charge is -2.18. The van der Waals surface area contributed by atoms with Crippen LogP contribution in [0.15, 0.2) is 17.4 Å². The summed E-state index contributed by atoms with van der Waals surface area (Å²) in [7, 11) is 1.59.